The lowest BCUT2D eigenvalue weighted by atomic mass is 9.63. The summed E-state index contributed by atoms with van der Waals surface area (Å²) in [6, 6.07) is 17.5. The Bertz CT molecular complexity index is 1040. The number of benzene rings is 2. The van der Waals surface area contributed by atoms with Gasteiger partial charge in [-0.05, 0) is 53.4 Å². The largest absolute Gasteiger partial charge is 0.489 e. The molecule has 2 amide bonds. The third-order valence-electron chi connectivity index (χ3n) is 7.07. The highest BCUT2D eigenvalue weighted by Gasteiger charge is 2.67. The fraction of sp³-hybridized carbons (Fsp3) is 0.320. The SMILES string of the molecule is O=C1[C@@H]2[C@H]3C=C[C@@H]([C@@H]4C[C@H]34)[C@H]2C(=O)N1/N=C\c1cccc(OCc2ccccc2)c1. The number of hydrogen-bond donors (Lipinski definition) is 0. The van der Waals surface area contributed by atoms with Gasteiger partial charge in [-0.3, -0.25) is 9.59 Å². The maximum atomic E-state index is 13.0. The molecule has 150 valence electrons. The highest BCUT2D eigenvalue weighted by molar-refractivity contribution is 6.06. The number of hydrogen-bond acceptors (Lipinski definition) is 4. The molecular formula is C25H22N2O3. The first-order valence-electron chi connectivity index (χ1n) is 10.6. The second-order valence-corrected chi connectivity index (χ2v) is 8.73. The molecule has 5 heteroatoms. The Balaban J connectivity index is 1.17. The molecule has 3 fully saturated rings. The van der Waals surface area contributed by atoms with E-state index in [-0.39, 0.29) is 35.5 Å². The summed E-state index contributed by atoms with van der Waals surface area (Å²) in [4.78, 5) is 26.0. The Labute approximate surface area is 175 Å². The van der Waals surface area contributed by atoms with Crippen LogP contribution in [0, 0.1) is 35.5 Å². The molecule has 2 bridgehead atoms. The van der Waals surface area contributed by atoms with Gasteiger partial charge in [0.05, 0.1) is 18.1 Å². The molecule has 2 saturated carbocycles. The highest BCUT2D eigenvalue weighted by Crippen LogP contribution is 2.65. The Morgan fingerprint density at radius 1 is 0.933 bits per heavy atom. The molecule has 5 aliphatic rings. The number of rotatable bonds is 5. The van der Waals surface area contributed by atoms with E-state index in [9.17, 15) is 9.59 Å². The Morgan fingerprint density at radius 3 is 2.33 bits per heavy atom. The second kappa shape index (κ2) is 6.66. The second-order valence-electron chi connectivity index (χ2n) is 8.73. The van der Waals surface area contributed by atoms with E-state index in [0.29, 0.717) is 18.4 Å². The van der Waals surface area contributed by atoms with Crippen molar-refractivity contribution in [3.8, 4) is 5.75 Å². The van der Waals surface area contributed by atoms with E-state index in [0.717, 1.165) is 28.3 Å². The summed E-state index contributed by atoms with van der Waals surface area (Å²) in [5.74, 6) is 1.65. The van der Waals surface area contributed by atoms with Crippen LogP contribution in [-0.2, 0) is 16.2 Å². The van der Waals surface area contributed by atoms with E-state index in [1.807, 2.05) is 54.6 Å². The van der Waals surface area contributed by atoms with Crippen molar-refractivity contribution in [1.29, 1.82) is 0 Å². The maximum absolute atomic E-state index is 13.0. The molecule has 0 aromatic heterocycles. The molecule has 0 unspecified atom stereocenters. The van der Waals surface area contributed by atoms with Crippen molar-refractivity contribution in [2.24, 2.45) is 40.6 Å². The topological polar surface area (TPSA) is 59.0 Å². The van der Waals surface area contributed by atoms with E-state index in [1.165, 1.54) is 0 Å². The van der Waals surface area contributed by atoms with Gasteiger partial charge in [0, 0.05) is 0 Å². The van der Waals surface area contributed by atoms with Crippen LogP contribution in [0.25, 0.3) is 0 Å². The van der Waals surface area contributed by atoms with Gasteiger partial charge in [0.15, 0.2) is 0 Å². The summed E-state index contributed by atoms with van der Waals surface area (Å²) in [5.41, 5.74) is 1.88. The minimum Gasteiger partial charge on any atom is -0.489 e. The van der Waals surface area contributed by atoms with Gasteiger partial charge in [0.2, 0.25) is 0 Å². The fourth-order valence-electron chi connectivity index (χ4n) is 5.60. The van der Waals surface area contributed by atoms with Crippen LogP contribution >= 0.6 is 0 Å². The molecular weight excluding hydrogens is 376 g/mol. The maximum Gasteiger partial charge on any atom is 0.254 e. The van der Waals surface area contributed by atoms with Crippen molar-refractivity contribution >= 4 is 18.0 Å². The number of hydrazone groups is 1. The van der Waals surface area contributed by atoms with Crippen molar-refractivity contribution in [2.75, 3.05) is 0 Å². The minimum atomic E-state index is -0.214. The molecule has 0 radical (unpaired) electrons. The van der Waals surface area contributed by atoms with Crippen molar-refractivity contribution in [2.45, 2.75) is 13.0 Å². The molecule has 5 nitrogen and oxygen atoms in total. The van der Waals surface area contributed by atoms with Crippen LogP contribution in [-0.4, -0.2) is 23.0 Å². The zero-order valence-corrected chi connectivity index (χ0v) is 16.4. The number of imide groups is 1. The summed E-state index contributed by atoms with van der Waals surface area (Å²) >= 11 is 0. The fourth-order valence-corrected chi connectivity index (χ4v) is 5.60. The average Bonchev–Trinajstić information content (AvgIpc) is 3.57. The van der Waals surface area contributed by atoms with Gasteiger partial charge in [-0.25, -0.2) is 0 Å². The molecule has 4 aliphatic carbocycles. The molecule has 2 aromatic rings. The van der Waals surface area contributed by atoms with Crippen LogP contribution in [0.4, 0.5) is 0 Å². The number of ether oxygens (including phenoxy) is 1. The van der Waals surface area contributed by atoms with Crippen LogP contribution in [0.5, 0.6) is 5.75 Å². The molecule has 7 rings (SSSR count). The first kappa shape index (κ1) is 17.6. The molecule has 0 spiro atoms. The summed E-state index contributed by atoms with van der Waals surface area (Å²) < 4.78 is 5.86. The summed E-state index contributed by atoms with van der Waals surface area (Å²) in [7, 11) is 0. The van der Waals surface area contributed by atoms with Gasteiger partial charge >= 0.3 is 0 Å². The monoisotopic (exact) mass is 398 g/mol. The van der Waals surface area contributed by atoms with E-state index >= 15 is 0 Å². The molecule has 1 aliphatic heterocycles. The van der Waals surface area contributed by atoms with Crippen LogP contribution in [0.15, 0.2) is 71.9 Å². The molecule has 2 aromatic carbocycles. The van der Waals surface area contributed by atoms with Crippen molar-refractivity contribution in [1.82, 2.24) is 5.01 Å². The lowest BCUT2D eigenvalue weighted by molar-refractivity contribution is -0.140. The average molecular weight is 398 g/mol. The van der Waals surface area contributed by atoms with Crippen molar-refractivity contribution in [3.63, 3.8) is 0 Å². The standard InChI is InChI=1S/C25H22N2O3/c28-24-22-18-9-10-19(21-12-20(18)21)23(22)25(29)27(24)26-13-16-7-4-8-17(11-16)30-14-15-5-2-1-3-6-15/h1-11,13,18-23H,12,14H2/b26-13-/t18-,19-,20-,21+,22+,23+/m0/s1. The number of allylic oxidation sites excluding steroid dienone is 2. The van der Waals surface area contributed by atoms with Crippen LogP contribution in [0.2, 0.25) is 0 Å². The molecule has 1 heterocycles. The van der Waals surface area contributed by atoms with E-state index in [1.54, 1.807) is 6.21 Å². The van der Waals surface area contributed by atoms with E-state index < -0.39 is 0 Å². The predicted octanol–water partition coefficient (Wildman–Crippen LogP) is 3.65. The first-order valence-corrected chi connectivity index (χ1v) is 10.6. The van der Waals surface area contributed by atoms with Gasteiger partial charge < -0.3 is 4.74 Å². The smallest absolute Gasteiger partial charge is 0.254 e. The Kier molecular flexibility index (Phi) is 3.91. The van der Waals surface area contributed by atoms with Gasteiger partial charge in [0.1, 0.15) is 12.4 Å². The zero-order valence-electron chi connectivity index (χ0n) is 16.4. The summed E-state index contributed by atoms with van der Waals surface area (Å²) in [6.45, 7) is 0.478. The van der Waals surface area contributed by atoms with Gasteiger partial charge in [-0.15, -0.1) is 0 Å². The van der Waals surface area contributed by atoms with Gasteiger partial charge in [0.25, 0.3) is 11.8 Å². The summed E-state index contributed by atoms with van der Waals surface area (Å²) in [6.07, 6.45) is 7.09. The lowest BCUT2D eigenvalue weighted by Gasteiger charge is -2.37. The van der Waals surface area contributed by atoms with E-state index in [4.69, 9.17) is 4.74 Å². The highest BCUT2D eigenvalue weighted by atomic mass is 16.5. The van der Waals surface area contributed by atoms with Crippen LogP contribution in [0.3, 0.4) is 0 Å². The Hall–Kier alpha value is -3.21. The number of carbonyl (C=O) groups excluding carboxylic acids is 2. The molecule has 0 N–H and O–H groups in total. The number of amides is 2. The summed E-state index contributed by atoms with van der Waals surface area (Å²) in [5, 5.41) is 5.42. The van der Waals surface area contributed by atoms with Crippen LogP contribution < -0.4 is 4.74 Å². The quantitative estimate of drug-likeness (QED) is 0.439. The molecule has 30 heavy (non-hydrogen) atoms. The predicted molar refractivity (Wildman–Crippen MR) is 111 cm³/mol. The molecule has 1 saturated heterocycles. The van der Waals surface area contributed by atoms with Crippen molar-refractivity contribution in [3.05, 3.63) is 77.9 Å². The van der Waals surface area contributed by atoms with Crippen LogP contribution in [0.1, 0.15) is 17.5 Å². The van der Waals surface area contributed by atoms with Gasteiger partial charge in [-0.1, -0.05) is 54.6 Å². The number of carbonyl (C=O) groups is 2. The minimum absolute atomic E-state index is 0.137. The number of nitrogens with zero attached hydrogens (tertiary/aromatic N) is 2. The van der Waals surface area contributed by atoms with Gasteiger partial charge in [-0.2, -0.15) is 10.1 Å². The lowest BCUT2D eigenvalue weighted by Crippen LogP contribution is -2.40. The third-order valence-corrected chi connectivity index (χ3v) is 7.07. The normalized spacial score (nSPS) is 33.1. The zero-order chi connectivity index (χ0) is 20.2. The molecule has 6 atom stereocenters. The third kappa shape index (κ3) is 2.72. The van der Waals surface area contributed by atoms with E-state index in [2.05, 4.69) is 17.3 Å². The first-order chi connectivity index (χ1) is 14.7. The van der Waals surface area contributed by atoms with Crippen molar-refractivity contribution < 1.29 is 14.3 Å². The Morgan fingerprint density at radius 2 is 1.63 bits per heavy atom.